The molecule has 0 bridgehead atoms. The van der Waals surface area contributed by atoms with Crippen molar-refractivity contribution in [2.75, 3.05) is 19.7 Å². The average molecular weight is 567 g/mol. The third kappa shape index (κ3) is 9.27. The van der Waals surface area contributed by atoms with Gasteiger partial charge in [0.15, 0.2) is 11.2 Å². The maximum Gasteiger partial charge on any atom is 0.332 e. The first-order chi connectivity index (χ1) is 18.9. The number of unbranched alkanes of at least 4 members (excludes halogenated alkanes) is 6. The number of amides is 2. The van der Waals surface area contributed by atoms with Crippen molar-refractivity contribution in [2.24, 2.45) is 19.5 Å². The van der Waals surface area contributed by atoms with Gasteiger partial charge in [0.05, 0.1) is 19.0 Å². The highest BCUT2D eigenvalue weighted by molar-refractivity contribution is 5.82. The van der Waals surface area contributed by atoms with E-state index >= 15 is 0 Å². The Kier molecular flexibility index (Phi) is 13.0. The number of aromatic nitrogens is 4. The third-order valence-corrected chi connectivity index (χ3v) is 7.20. The van der Waals surface area contributed by atoms with Gasteiger partial charge in [0.1, 0.15) is 6.10 Å². The lowest BCUT2D eigenvalue weighted by Gasteiger charge is -2.27. The largest absolute Gasteiger partial charge is 0.396 e. The molecular weight excluding hydrogens is 520 g/mol. The molecule has 13 heteroatoms. The Bertz CT molecular complexity index is 1230. The Morgan fingerprint density at radius 1 is 1.00 bits per heavy atom. The molecule has 13 nitrogen and oxygen atoms in total. The van der Waals surface area contributed by atoms with E-state index < -0.39 is 23.5 Å². The quantitative estimate of drug-likeness (QED) is 0.155. The van der Waals surface area contributed by atoms with Gasteiger partial charge in [-0.1, -0.05) is 52.4 Å². The summed E-state index contributed by atoms with van der Waals surface area (Å²) in [4.78, 5) is 53.2. The minimum atomic E-state index is -1.38. The zero-order valence-corrected chi connectivity index (χ0v) is 24.2. The number of hydrogen-bond donors (Lipinski definition) is 5. The summed E-state index contributed by atoms with van der Waals surface area (Å²) < 4.78 is 4.33. The van der Waals surface area contributed by atoms with E-state index in [1.54, 1.807) is 32.5 Å². The highest BCUT2D eigenvalue weighted by Gasteiger charge is 2.32. The Morgan fingerprint density at radius 2 is 1.62 bits per heavy atom. The average Bonchev–Trinajstić information content (AvgIpc) is 3.32. The van der Waals surface area contributed by atoms with Crippen molar-refractivity contribution in [1.29, 1.82) is 0 Å². The topological polar surface area (TPSA) is 181 Å². The molecule has 0 radical (unpaired) electrons. The van der Waals surface area contributed by atoms with Crippen molar-refractivity contribution in [3.63, 3.8) is 0 Å². The molecule has 0 aliphatic rings. The van der Waals surface area contributed by atoms with Crippen molar-refractivity contribution < 1.29 is 24.9 Å². The standard InChI is InChI=1S/C27H46N6O7/c1-27(2,17-34)22(37)24(38)28-14-13-20(36)29-16-19(35)12-10-8-6-5-7-9-11-15-33-25(39)21-23(30-18-31(21)3)32(4)26(33)40/h18-19,22,34-35,37H,5-17H2,1-4H3,(H,28,38)(H,29,36). The SMILES string of the molecule is Cn1cnc2c1c(=O)n(CCCCCCCCCC(O)CNC(=O)CCNC(=O)C(O)C(C)(C)CO)c(=O)n2C. The first-order valence-corrected chi connectivity index (χ1v) is 14.0. The van der Waals surface area contributed by atoms with Crippen molar-refractivity contribution >= 4 is 23.0 Å². The second kappa shape index (κ2) is 15.7. The van der Waals surface area contributed by atoms with Crippen molar-refractivity contribution in [1.82, 2.24) is 29.3 Å². The monoisotopic (exact) mass is 566 g/mol. The minimum Gasteiger partial charge on any atom is -0.396 e. The second-order valence-electron chi connectivity index (χ2n) is 11.1. The van der Waals surface area contributed by atoms with E-state index in [4.69, 9.17) is 0 Å². The number of nitrogens with zero attached hydrogens (tertiary/aromatic N) is 4. The smallest absolute Gasteiger partial charge is 0.332 e. The fourth-order valence-electron chi connectivity index (χ4n) is 4.39. The zero-order valence-electron chi connectivity index (χ0n) is 24.2. The van der Waals surface area contributed by atoms with Crippen molar-refractivity contribution in [2.45, 2.75) is 90.4 Å². The van der Waals surface area contributed by atoms with Crippen LogP contribution in [0.25, 0.3) is 11.2 Å². The molecule has 2 unspecified atom stereocenters. The summed E-state index contributed by atoms with van der Waals surface area (Å²) >= 11 is 0. The number of carbonyl (C=O) groups is 2. The maximum atomic E-state index is 12.7. The molecule has 40 heavy (non-hydrogen) atoms. The maximum absolute atomic E-state index is 12.7. The molecule has 2 aromatic rings. The van der Waals surface area contributed by atoms with E-state index in [1.165, 1.54) is 15.5 Å². The van der Waals surface area contributed by atoms with E-state index in [0.717, 1.165) is 44.9 Å². The summed E-state index contributed by atoms with van der Waals surface area (Å²) in [6.07, 6.45) is 6.57. The Hall–Kier alpha value is -3.03. The fraction of sp³-hybridized carbons (Fsp3) is 0.741. The van der Waals surface area contributed by atoms with Crippen LogP contribution in [0.3, 0.4) is 0 Å². The molecule has 226 valence electrons. The molecule has 0 spiro atoms. The Labute approximate surface area is 234 Å². The number of hydrogen-bond acceptors (Lipinski definition) is 8. The van der Waals surface area contributed by atoms with E-state index in [-0.39, 0.29) is 43.3 Å². The lowest BCUT2D eigenvalue weighted by atomic mass is 9.87. The van der Waals surface area contributed by atoms with E-state index in [1.807, 2.05) is 0 Å². The molecule has 0 aromatic carbocycles. The fourth-order valence-corrected chi connectivity index (χ4v) is 4.39. The van der Waals surface area contributed by atoms with Crippen LogP contribution in [0.2, 0.25) is 0 Å². The first kappa shape index (κ1) is 33.2. The third-order valence-electron chi connectivity index (χ3n) is 7.20. The van der Waals surface area contributed by atoms with E-state index in [0.29, 0.717) is 24.1 Å². The van der Waals surface area contributed by atoms with Crippen molar-refractivity contribution in [3.05, 3.63) is 27.2 Å². The molecule has 2 rings (SSSR count). The highest BCUT2D eigenvalue weighted by atomic mass is 16.3. The number of aliphatic hydroxyl groups excluding tert-OH is 3. The number of rotatable bonds is 18. The van der Waals surface area contributed by atoms with Crippen LogP contribution in [0, 0.1) is 5.41 Å². The summed E-state index contributed by atoms with van der Waals surface area (Å²) in [6.45, 7) is 3.34. The number of fused-ring (bicyclic) bond motifs is 1. The van der Waals surface area contributed by atoms with Gasteiger partial charge in [-0.05, 0) is 12.8 Å². The van der Waals surface area contributed by atoms with Gasteiger partial charge >= 0.3 is 5.69 Å². The van der Waals surface area contributed by atoms with Gasteiger partial charge in [-0.25, -0.2) is 9.78 Å². The lowest BCUT2D eigenvalue weighted by molar-refractivity contribution is -0.137. The van der Waals surface area contributed by atoms with Crippen LogP contribution in [0.15, 0.2) is 15.9 Å². The molecule has 5 N–H and O–H groups in total. The summed E-state index contributed by atoms with van der Waals surface area (Å²) in [7, 11) is 3.36. The summed E-state index contributed by atoms with van der Waals surface area (Å²) in [5.41, 5.74) is -0.819. The number of carbonyl (C=O) groups excluding carboxylic acids is 2. The number of imidazole rings is 1. The van der Waals surface area contributed by atoms with E-state index in [9.17, 15) is 34.5 Å². The van der Waals surface area contributed by atoms with Gasteiger partial charge < -0.3 is 30.5 Å². The molecule has 0 aliphatic heterocycles. The number of aliphatic hydroxyl groups is 3. The predicted molar refractivity (Wildman–Crippen MR) is 151 cm³/mol. The molecule has 0 fully saturated rings. The molecule has 2 amide bonds. The Morgan fingerprint density at radius 3 is 2.27 bits per heavy atom. The molecule has 0 saturated carbocycles. The minimum absolute atomic E-state index is 0.0197. The van der Waals surface area contributed by atoms with Crippen LogP contribution < -0.4 is 21.9 Å². The second-order valence-corrected chi connectivity index (χ2v) is 11.1. The van der Waals surface area contributed by atoms with Crippen LogP contribution in [0.4, 0.5) is 0 Å². The van der Waals surface area contributed by atoms with Crippen LogP contribution in [-0.2, 0) is 30.2 Å². The normalized spacial score (nSPS) is 13.4. The highest BCUT2D eigenvalue weighted by Crippen LogP contribution is 2.19. The van der Waals surface area contributed by atoms with Gasteiger partial charge in [0.2, 0.25) is 11.8 Å². The van der Waals surface area contributed by atoms with Crippen molar-refractivity contribution in [3.8, 4) is 0 Å². The molecular formula is C27H46N6O7. The van der Waals surface area contributed by atoms with E-state index in [2.05, 4.69) is 15.6 Å². The summed E-state index contributed by atoms with van der Waals surface area (Å²) in [5, 5.41) is 34.4. The number of nitrogens with one attached hydrogen (secondary N) is 2. The van der Waals surface area contributed by atoms with Gasteiger partial charge in [-0.2, -0.15) is 0 Å². The first-order valence-electron chi connectivity index (χ1n) is 14.0. The zero-order chi connectivity index (χ0) is 29.9. The van der Waals surface area contributed by atoms with Gasteiger partial charge in [0.25, 0.3) is 5.56 Å². The van der Waals surface area contributed by atoms with Gasteiger partial charge in [-0.15, -0.1) is 0 Å². The van der Waals surface area contributed by atoms with Gasteiger partial charge in [0, 0.05) is 45.6 Å². The van der Waals surface area contributed by atoms with Crippen LogP contribution in [0.5, 0.6) is 0 Å². The molecule has 0 saturated heterocycles. The molecule has 2 atom stereocenters. The molecule has 0 aliphatic carbocycles. The van der Waals surface area contributed by atoms with Crippen LogP contribution >= 0.6 is 0 Å². The molecule has 2 heterocycles. The molecule has 2 aromatic heterocycles. The summed E-state index contributed by atoms with van der Waals surface area (Å²) in [6, 6.07) is 0. The van der Waals surface area contributed by atoms with Crippen LogP contribution in [0.1, 0.15) is 71.6 Å². The van der Waals surface area contributed by atoms with Crippen LogP contribution in [-0.4, -0.2) is 77.7 Å². The van der Waals surface area contributed by atoms with Gasteiger partial charge in [-0.3, -0.25) is 23.5 Å². The predicted octanol–water partition coefficient (Wildman–Crippen LogP) is -0.0827. The lowest BCUT2D eigenvalue weighted by Crippen LogP contribution is -2.46. The Balaban J connectivity index is 1.52. The number of aryl methyl sites for hydroxylation is 2. The summed E-state index contributed by atoms with van der Waals surface area (Å²) in [5.74, 6) is -0.952.